The van der Waals surface area contributed by atoms with E-state index >= 15 is 0 Å². The maximum atomic E-state index is 12.4. The molecule has 0 spiro atoms. The molecule has 2 rings (SSSR count). The highest BCUT2D eigenvalue weighted by molar-refractivity contribution is 7.94. The summed E-state index contributed by atoms with van der Waals surface area (Å²) >= 11 is 0.298. The summed E-state index contributed by atoms with van der Waals surface area (Å²) in [6.07, 6.45) is 1.07. The fourth-order valence-corrected chi connectivity index (χ4v) is 2.28. The summed E-state index contributed by atoms with van der Waals surface area (Å²) in [7, 11) is 0. The Morgan fingerprint density at radius 2 is 2.40 bits per heavy atom. The zero-order valence-corrected chi connectivity index (χ0v) is 9.34. The number of nitrogens with two attached hydrogens (primary N) is 1. The highest BCUT2D eigenvalue weighted by Crippen LogP contribution is 2.21. The van der Waals surface area contributed by atoms with Gasteiger partial charge in [0.25, 0.3) is 0 Å². The average molecular weight is 226 g/mol. The Hall–Kier alpha value is -0.580. The lowest BCUT2D eigenvalue weighted by atomic mass is 10.2. The monoisotopic (exact) mass is 226 g/mol. The predicted molar refractivity (Wildman–Crippen MR) is 61.3 cm³/mol. The van der Waals surface area contributed by atoms with Gasteiger partial charge in [0, 0.05) is 30.6 Å². The molecule has 2 N–H and O–H groups in total. The molecule has 0 amide bonds. The molecular weight excluding hydrogens is 211 g/mol. The molecule has 1 aromatic carbocycles. The van der Waals surface area contributed by atoms with E-state index in [-0.39, 0.29) is 0 Å². The number of hydrogen-bond acceptors (Lipinski definition) is 3. The van der Waals surface area contributed by atoms with Crippen LogP contribution in [0, 0.1) is 0 Å². The molecule has 2 nitrogen and oxygen atoms in total. The van der Waals surface area contributed by atoms with Crippen molar-refractivity contribution < 1.29 is 3.89 Å². The molecule has 1 aliphatic heterocycles. The van der Waals surface area contributed by atoms with Crippen LogP contribution in [0.1, 0.15) is 12.0 Å². The summed E-state index contributed by atoms with van der Waals surface area (Å²) in [6, 6.07) is 7.92. The molecule has 1 heterocycles. The summed E-state index contributed by atoms with van der Waals surface area (Å²) in [5, 5.41) is 0. The number of benzene rings is 1. The van der Waals surface area contributed by atoms with E-state index in [4.69, 9.17) is 5.73 Å². The van der Waals surface area contributed by atoms with Crippen molar-refractivity contribution in [1.29, 1.82) is 0 Å². The van der Waals surface area contributed by atoms with Crippen LogP contribution in [0.5, 0.6) is 0 Å². The number of nitrogens with zero attached hydrogens (tertiary/aromatic N) is 1. The average Bonchev–Trinajstić information content (AvgIpc) is 2.64. The van der Waals surface area contributed by atoms with Crippen molar-refractivity contribution in [2.24, 2.45) is 5.73 Å². The van der Waals surface area contributed by atoms with E-state index in [1.54, 1.807) is 6.07 Å². The molecule has 1 aromatic rings. The first-order valence-electron chi connectivity index (χ1n) is 5.13. The van der Waals surface area contributed by atoms with E-state index in [2.05, 4.69) is 4.90 Å². The minimum absolute atomic E-state index is 0.298. The molecule has 0 saturated carbocycles. The van der Waals surface area contributed by atoms with Gasteiger partial charge < -0.3 is 5.73 Å². The summed E-state index contributed by atoms with van der Waals surface area (Å²) in [5.41, 5.74) is 6.99. The molecule has 4 heteroatoms. The molecule has 1 unspecified atom stereocenters. The van der Waals surface area contributed by atoms with E-state index in [9.17, 15) is 3.89 Å². The Balaban J connectivity index is 1.98. The first kappa shape index (κ1) is 10.9. The quantitative estimate of drug-likeness (QED) is 0.856. The summed E-state index contributed by atoms with van der Waals surface area (Å²) in [4.78, 5) is 2.99. The molecule has 1 aliphatic rings. The molecule has 0 aliphatic carbocycles. The number of likely N-dealkylation sites (tertiary alicyclic amines) is 1. The van der Waals surface area contributed by atoms with Crippen molar-refractivity contribution >= 4 is 12.1 Å². The van der Waals surface area contributed by atoms with Gasteiger partial charge in [-0.25, -0.2) is 0 Å². The molecule has 15 heavy (non-hydrogen) atoms. The van der Waals surface area contributed by atoms with Gasteiger partial charge in [0.1, 0.15) is 0 Å². The molecular formula is C11H15FN2S. The Bertz CT molecular complexity index is 332. The molecule has 1 saturated heterocycles. The largest absolute Gasteiger partial charge is 0.326 e. The van der Waals surface area contributed by atoms with Crippen molar-refractivity contribution in [2.75, 3.05) is 13.1 Å². The van der Waals surface area contributed by atoms with Gasteiger partial charge in [-0.05, 0) is 24.1 Å². The van der Waals surface area contributed by atoms with E-state index in [0.717, 1.165) is 31.6 Å². The molecule has 0 aromatic heterocycles. The molecule has 0 radical (unpaired) electrons. The van der Waals surface area contributed by atoms with Gasteiger partial charge in [-0.1, -0.05) is 12.1 Å². The minimum Gasteiger partial charge on any atom is -0.326 e. The molecule has 82 valence electrons. The first-order chi connectivity index (χ1) is 7.28. The van der Waals surface area contributed by atoms with E-state index in [0.29, 0.717) is 23.1 Å². The minimum atomic E-state index is 0.298. The zero-order chi connectivity index (χ0) is 10.7. The fraction of sp³-hybridized carbons (Fsp3) is 0.455. The van der Waals surface area contributed by atoms with Crippen LogP contribution in [0.15, 0.2) is 29.2 Å². The van der Waals surface area contributed by atoms with Gasteiger partial charge >= 0.3 is 0 Å². The van der Waals surface area contributed by atoms with Gasteiger partial charge in [0.05, 0.1) is 12.1 Å². The third kappa shape index (κ3) is 2.93. The van der Waals surface area contributed by atoms with Crippen LogP contribution in [0.2, 0.25) is 0 Å². The zero-order valence-electron chi connectivity index (χ0n) is 8.53. The predicted octanol–water partition coefficient (Wildman–Crippen LogP) is 2.20. The normalized spacial score (nSPS) is 22.1. The van der Waals surface area contributed by atoms with Gasteiger partial charge in [-0.2, -0.15) is 3.89 Å². The van der Waals surface area contributed by atoms with Gasteiger partial charge in [0.15, 0.2) is 0 Å². The lowest BCUT2D eigenvalue weighted by Gasteiger charge is -2.15. The van der Waals surface area contributed by atoms with Crippen molar-refractivity contribution in [3.63, 3.8) is 0 Å². The maximum absolute atomic E-state index is 12.4. The summed E-state index contributed by atoms with van der Waals surface area (Å²) in [5.74, 6) is 0. The van der Waals surface area contributed by atoms with Crippen molar-refractivity contribution in [1.82, 2.24) is 4.90 Å². The maximum Gasteiger partial charge on any atom is 0.0812 e. The Labute approximate surface area is 93.9 Å². The van der Waals surface area contributed by atoms with Crippen LogP contribution in [-0.4, -0.2) is 24.0 Å². The fourth-order valence-electron chi connectivity index (χ4n) is 1.96. The second kappa shape index (κ2) is 4.96. The third-order valence-electron chi connectivity index (χ3n) is 2.70. The number of halogens is 1. The molecule has 1 fully saturated rings. The third-order valence-corrected chi connectivity index (χ3v) is 3.13. The van der Waals surface area contributed by atoms with Crippen LogP contribution in [0.4, 0.5) is 3.89 Å². The Morgan fingerprint density at radius 3 is 3.07 bits per heavy atom. The van der Waals surface area contributed by atoms with Crippen molar-refractivity contribution in [3.8, 4) is 0 Å². The van der Waals surface area contributed by atoms with E-state index < -0.39 is 0 Å². The first-order valence-corrected chi connectivity index (χ1v) is 5.85. The molecule has 0 bridgehead atoms. The highest BCUT2D eigenvalue weighted by atomic mass is 32.2. The van der Waals surface area contributed by atoms with E-state index in [1.807, 2.05) is 18.2 Å². The second-order valence-electron chi connectivity index (χ2n) is 4.01. The molecule has 1 atom stereocenters. The SMILES string of the molecule is NC1CCN(Cc2cccc(SF)c2)C1. The second-order valence-corrected chi connectivity index (χ2v) is 4.63. The lowest BCUT2D eigenvalue weighted by molar-refractivity contribution is 0.326. The Morgan fingerprint density at radius 1 is 1.53 bits per heavy atom. The van der Waals surface area contributed by atoms with Gasteiger partial charge in [0.2, 0.25) is 0 Å². The number of rotatable bonds is 3. The highest BCUT2D eigenvalue weighted by Gasteiger charge is 2.18. The summed E-state index contributed by atoms with van der Waals surface area (Å²) < 4.78 is 12.4. The van der Waals surface area contributed by atoms with Crippen LogP contribution in [0.3, 0.4) is 0 Å². The lowest BCUT2D eigenvalue weighted by Crippen LogP contribution is -2.26. The topological polar surface area (TPSA) is 29.3 Å². The standard InChI is InChI=1S/C11H15FN2S/c12-15-11-3-1-2-9(6-11)7-14-5-4-10(13)8-14/h1-3,6,10H,4-5,7-8,13H2. The van der Waals surface area contributed by atoms with Gasteiger partial charge in [-0.15, -0.1) is 0 Å². The van der Waals surface area contributed by atoms with Crippen LogP contribution < -0.4 is 5.73 Å². The van der Waals surface area contributed by atoms with E-state index in [1.165, 1.54) is 0 Å². The summed E-state index contributed by atoms with van der Waals surface area (Å²) in [6.45, 7) is 2.88. The van der Waals surface area contributed by atoms with Crippen LogP contribution >= 0.6 is 12.1 Å². The van der Waals surface area contributed by atoms with Crippen molar-refractivity contribution in [2.45, 2.75) is 23.9 Å². The smallest absolute Gasteiger partial charge is 0.0812 e. The van der Waals surface area contributed by atoms with Crippen LogP contribution in [0.25, 0.3) is 0 Å². The number of hydrogen-bond donors (Lipinski definition) is 1. The van der Waals surface area contributed by atoms with Crippen LogP contribution in [-0.2, 0) is 6.54 Å². The Kier molecular flexibility index (Phi) is 3.61. The van der Waals surface area contributed by atoms with Crippen molar-refractivity contribution in [3.05, 3.63) is 29.8 Å². The van der Waals surface area contributed by atoms with Gasteiger partial charge in [-0.3, -0.25) is 4.90 Å².